The lowest BCUT2D eigenvalue weighted by atomic mass is 9.94. The van der Waals surface area contributed by atoms with E-state index in [0.29, 0.717) is 5.92 Å². The molecule has 2 fully saturated rings. The number of aliphatic hydroxyl groups excluding tert-OH is 1. The number of piperidine rings is 1. The largest absolute Gasteiger partial charge is 0.356 e. The molecule has 4 heteroatoms. The van der Waals surface area contributed by atoms with Crippen LogP contribution in [0.25, 0.3) is 0 Å². The highest BCUT2D eigenvalue weighted by Gasteiger charge is 2.41. The van der Waals surface area contributed by atoms with Crippen molar-refractivity contribution in [3.63, 3.8) is 0 Å². The Morgan fingerprint density at radius 1 is 1.08 bits per heavy atom. The first-order chi connectivity index (χ1) is 12.1. The first kappa shape index (κ1) is 18.8. The lowest BCUT2D eigenvalue weighted by Crippen LogP contribution is -2.40. The van der Waals surface area contributed by atoms with Crippen molar-refractivity contribution in [3.8, 4) is 0 Å². The SMILES string of the molecule is CC(C)C[C@H]1[C@@H](c2ccccc2)OC(O)N1CCCN1CCCCC1. The Kier molecular flexibility index (Phi) is 6.88. The fourth-order valence-electron chi connectivity index (χ4n) is 4.26. The van der Waals surface area contributed by atoms with Gasteiger partial charge in [0.15, 0.2) is 0 Å². The molecule has 0 amide bonds. The van der Waals surface area contributed by atoms with Gasteiger partial charge in [0.1, 0.15) is 6.10 Å². The van der Waals surface area contributed by atoms with E-state index in [1.165, 1.54) is 37.9 Å². The maximum absolute atomic E-state index is 10.5. The Morgan fingerprint density at radius 3 is 2.48 bits per heavy atom. The zero-order valence-electron chi connectivity index (χ0n) is 15.8. The molecule has 0 bridgehead atoms. The van der Waals surface area contributed by atoms with Gasteiger partial charge in [-0.1, -0.05) is 50.6 Å². The quantitative estimate of drug-likeness (QED) is 0.818. The van der Waals surface area contributed by atoms with Crippen LogP contribution >= 0.6 is 0 Å². The second kappa shape index (κ2) is 9.13. The second-order valence-electron chi connectivity index (χ2n) is 7.98. The van der Waals surface area contributed by atoms with E-state index in [1.54, 1.807) is 0 Å². The van der Waals surface area contributed by atoms with Crippen LogP contribution in [-0.4, -0.2) is 53.5 Å². The van der Waals surface area contributed by atoms with E-state index in [4.69, 9.17) is 4.74 Å². The van der Waals surface area contributed by atoms with E-state index in [9.17, 15) is 5.11 Å². The van der Waals surface area contributed by atoms with Gasteiger partial charge in [-0.15, -0.1) is 0 Å². The molecule has 1 N–H and O–H groups in total. The highest BCUT2D eigenvalue weighted by Crippen LogP contribution is 2.37. The highest BCUT2D eigenvalue weighted by atomic mass is 16.6. The van der Waals surface area contributed by atoms with Gasteiger partial charge in [0.25, 0.3) is 0 Å². The van der Waals surface area contributed by atoms with Gasteiger partial charge < -0.3 is 14.7 Å². The molecule has 2 aliphatic heterocycles. The highest BCUT2D eigenvalue weighted by molar-refractivity contribution is 5.20. The molecule has 0 aromatic heterocycles. The predicted molar refractivity (Wildman–Crippen MR) is 101 cm³/mol. The van der Waals surface area contributed by atoms with Crippen molar-refractivity contribution in [2.45, 2.75) is 64.5 Å². The van der Waals surface area contributed by atoms with Crippen LogP contribution in [0.15, 0.2) is 30.3 Å². The van der Waals surface area contributed by atoms with E-state index in [2.05, 4.69) is 47.9 Å². The van der Waals surface area contributed by atoms with Gasteiger partial charge in [-0.2, -0.15) is 0 Å². The minimum atomic E-state index is -0.782. The summed E-state index contributed by atoms with van der Waals surface area (Å²) in [5, 5.41) is 10.5. The van der Waals surface area contributed by atoms with Gasteiger partial charge in [-0.25, -0.2) is 4.90 Å². The minimum Gasteiger partial charge on any atom is -0.356 e. The Balaban J connectivity index is 1.61. The molecule has 1 aromatic rings. The average Bonchev–Trinajstić information content (AvgIpc) is 2.92. The molecule has 2 aliphatic rings. The van der Waals surface area contributed by atoms with Crippen LogP contribution in [-0.2, 0) is 4.74 Å². The molecule has 2 saturated heterocycles. The number of likely N-dealkylation sites (tertiary alicyclic amines) is 1. The zero-order chi connectivity index (χ0) is 17.6. The third kappa shape index (κ3) is 5.04. The summed E-state index contributed by atoms with van der Waals surface area (Å²) in [5.41, 5.74) is 1.17. The summed E-state index contributed by atoms with van der Waals surface area (Å²) in [4.78, 5) is 4.75. The summed E-state index contributed by atoms with van der Waals surface area (Å²) >= 11 is 0. The number of rotatable bonds is 7. The molecule has 0 aliphatic carbocycles. The summed E-state index contributed by atoms with van der Waals surface area (Å²) in [5.74, 6) is 0.578. The third-order valence-corrected chi connectivity index (χ3v) is 5.51. The normalized spacial score (nSPS) is 28.7. The maximum Gasteiger partial charge on any atom is 0.217 e. The van der Waals surface area contributed by atoms with E-state index < -0.39 is 6.41 Å². The average molecular weight is 347 g/mol. The Morgan fingerprint density at radius 2 is 1.80 bits per heavy atom. The van der Waals surface area contributed by atoms with Crippen molar-refractivity contribution in [1.82, 2.24) is 9.80 Å². The smallest absolute Gasteiger partial charge is 0.217 e. The number of benzene rings is 1. The first-order valence-corrected chi connectivity index (χ1v) is 10.0. The van der Waals surface area contributed by atoms with Crippen molar-refractivity contribution in [1.29, 1.82) is 0 Å². The molecule has 25 heavy (non-hydrogen) atoms. The molecule has 4 nitrogen and oxygen atoms in total. The minimum absolute atomic E-state index is 0.0337. The number of aliphatic hydroxyl groups is 1. The summed E-state index contributed by atoms with van der Waals surface area (Å²) in [6, 6.07) is 10.6. The summed E-state index contributed by atoms with van der Waals surface area (Å²) in [6.07, 6.45) is 5.37. The molecule has 3 rings (SSSR count). The molecule has 1 unspecified atom stereocenters. The molecule has 140 valence electrons. The summed E-state index contributed by atoms with van der Waals surface area (Å²) in [7, 11) is 0. The molecule has 1 aromatic carbocycles. The Bertz CT molecular complexity index is 502. The van der Waals surface area contributed by atoms with Crippen molar-refractivity contribution >= 4 is 0 Å². The van der Waals surface area contributed by atoms with Gasteiger partial charge in [0.05, 0.1) is 0 Å². The van der Waals surface area contributed by atoms with Gasteiger partial charge in [-0.3, -0.25) is 0 Å². The van der Waals surface area contributed by atoms with Crippen molar-refractivity contribution in [2.24, 2.45) is 5.92 Å². The van der Waals surface area contributed by atoms with E-state index in [0.717, 1.165) is 25.9 Å². The van der Waals surface area contributed by atoms with E-state index in [1.807, 2.05) is 6.07 Å². The third-order valence-electron chi connectivity index (χ3n) is 5.51. The Labute approximate surface area is 152 Å². The lowest BCUT2D eigenvalue weighted by Gasteiger charge is -2.30. The molecular weight excluding hydrogens is 312 g/mol. The van der Waals surface area contributed by atoms with Crippen molar-refractivity contribution in [3.05, 3.63) is 35.9 Å². The molecular formula is C21H34N2O2. The maximum atomic E-state index is 10.5. The van der Waals surface area contributed by atoms with Crippen molar-refractivity contribution < 1.29 is 9.84 Å². The molecule has 0 saturated carbocycles. The van der Waals surface area contributed by atoms with Crippen LogP contribution in [0.5, 0.6) is 0 Å². The number of hydrogen-bond donors (Lipinski definition) is 1. The summed E-state index contributed by atoms with van der Waals surface area (Å²) < 4.78 is 5.98. The molecule has 0 radical (unpaired) electrons. The number of nitrogens with zero attached hydrogens (tertiary/aromatic N) is 2. The monoisotopic (exact) mass is 346 g/mol. The Hall–Kier alpha value is -0.940. The first-order valence-electron chi connectivity index (χ1n) is 10.0. The van der Waals surface area contributed by atoms with Crippen molar-refractivity contribution in [2.75, 3.05) is 26.2 Å². The number of hydrogen-bond acceptors (Lipinski definition) is 4. The van der Waals surface area contributed by atoms with Crippen LogP contribution in [0, 0.1) is 5.92 Å². The van der Waals surface area contributed by atoms with Gasteiger partial charge >= 0.3 is 0 Å². The van der Waals surface area contributed by atoms with E-state index in [-0.39, 0.29) is 12.1 Å². The fraction of sp³-hybridized carbons (Fsp3) is 0.714. The topological polar surface area (TPSA) is 35.9 Å². The molecule has 0 spiro atoms. The molecule has 2 heterocycles. The fourth-order valence-corrected chi connectivity index (χ4v) is 4.26. The predicted octanol–water partition coefficient (Wildman–Crippen LogP) is 3.63. The van der Waals surface area contributed by atoms with E-state index >= 15 is 0 Å². The second-order valence-corrected chi connectivity index (χ2v) is 7.98. The van der Waals surface area contributed by atoms with Crippen LogP contribution in [0.1, 0.15) is 57.6 Å². The van der Waals surface area contributed by atoms with Gasteiger partial charge in [0.2, 0.25) is 6.41 Å². The van der Waals surface area contributed by atoms with Gasteiger partial charge in [-0.05, 0) is 56.8 Å². The summed E-state index contributed by atoms with van der Waals surface area (Å²) in [6.45, 7) is 9.01. The van der Waals surface area contributed by atoms with Crippen LogP contribution in [0.3, 0.4) is 0 Å². The van der Waals surface area contributed by atoms with Crippen LogP contribution < -0.4 is 0 Å². The standard InChI is InChI=1S/C21H34N2O2/c1-17(2)16-19-20(18-10-5-3-6-11-18)25-21(24)23(19)15-9-14-22-12-7-4-8-13-22/h3,5-6,10-11,17,19-21,24H,4,7-9,12-16H2,1-2H3/t19-,20+,21?/m0/s1. The lowest BCUT2D eigenvalue weighted by molar-refractivity contribution is -0.151. The molecule has 3 atom stereocenters. The number of ether oxygens (including phenoxy) is 1. The zero-order valence-corrected chi connectivity index (χ0v) is 15.8. The van der Waals surface area contributed by atoms with Crippen LogP contribution in [0.4, 0.5) is 0 Å². The van der Waals surface area contributed by atoms with Gasteiger partial charge in [0, 0.05) is 12.6 Å². The van der Waals surface area contributed by atoms with Crippen LogP contribution in [0.2, 0.25) is 0 Å².